The molecule has 0 saturated carbocycles. The SMILES string of the molecule is Cc1nn(Cc2c(F)cccc2Cl)c(C)c1NC(=S)Nc1ccn(Cc2c(F)c(F)c(F)c(F)c2F)n1. The molecule has 6 nitrogen and oxygen atoms in total. The second-order valence-electron chi connectivity index (χ2n) is 7.93. The first-order valence-electron chi connectivity index (χ1n) is 10.6. The molecule has 2 aromatic carbocycles. The maximum absolute atomic E-state index is 14.2. The minimum absolute atomic E-state index is 0.0798. The summed E-state index contributed by atoms with van der Waals surface area (Å²) in [6.07, 6.45) is 1.27. The van der Waals surface area contributed by atoms with Crippen LogP contribution in [0.25, 0.3) is 0 Å². The van der Waals surface area contributed by atoms with Crippen LogP contribution >= 0.6 is 23.8 Å². The average molecular weight is 559 g/mol. The van der Waals surface area contributed by atoms with Crippen LogP contribution in [0.5, 0.6) is 0 Å². The molecule has 2 heterocycles. The predicted octanol–water partition coefficient (Wildman–Crippen LogP) is 6.09. The molecule has 4 rings (SSSR count). The number of aryl methyl sites for hydroxylation is 1. The summed E-state index contributed by atoms with van der Waals surface area (Å²) in [5.41, 5.74) is 0.997. The molecule has 2 N–H and O–H groups in total. The van der Waals surface area contributed by atoms with E-state index in [4.69, 9.17) is 23.8 Å². The molecule has 0 radical (unpaired) electrons. The summed E-state index contributed by atoms with van der Waals surface area (Å²) in [4.78, 5) is 0. The van der Waals surface area contributed by atoms with Crippen LogP contribution < -0.4 is 10.6 Å². The van der Waals surface area contributed by atoms with Crippen molar-refractivity contribution in [2.45, 2.75) is 26.9 Å². The van der Waals surface area contributed by atoms with Gasteiger partial charge in [0.25, 0.3) is 0 Å². The zero-order valence-electron chi connectivity index (χ0n) is 19.1. The Bertz CT molecular complexity index is 1470. The van der Waals surface area contributed by atoms with E-state index in [1.165, 1.54) is 24.4 Å². The molecule has 0 spiro atoms. The Morgan fingerprint density at radius 2 is 1.51 bits per heavy atom. The van der Waals surface area contributed by atoms with Crippen molar-refractivity contribution >= 4 is 40.4 Å². The lowest BCUT2D eigenvalue weighted by molar-refractivity contribution is 0.367. The first kappa shape index (κ1) is 26.5. The largest absolute Gasteiger partial charge is 0.329 e. The Hall–Kier alpha value is -3.58. The Balaban J connectivity index is 1.46. The number of benzene rings is 2. The number of rotatable bonds is 6. The Morgan fingerprint density at radius 3 is 2.16 bits per heavy atom. The molecule has 0 saturated heterocycles. The van der Waals surface area contributed by atoms with Crippen LogP contribution in [-0.4, -0.2) is 24.7 Å². The fourth-order valence-electron chi connectivity index (χ4n) is 3.59. The monoisotopic (exact) mass is 558 g/mol. The zero-order valence-corrected chi connectivity index (χ0v) is 20.7. The van der Waals surface area contributed by atoms with Gasteiger partial charge in [-0.05, 0) is 38.2 Å². The summed E-state index contributed by atoms with van der Waals surface area (Å²) < 4.78 is 84.8. The summed E-state index contributed by atoms with van der Waals surface area (Å²) in [7, 11) is 0. The lowest BCUT2D eigenvalue weighted by Crippen LogP contribution is -2.20. The number of nitrogens with one attached hydrogen (secondary N) is 2. The van der Waals surface area contributed by atoms with Crippen molar-refractivity contribution < 1.29 is 26.3 Å². The average Bonchev–Trinajstić information content (AvgIpc) is 3.40. The first-order valence-corrected chi connectivity index (χ1v) is 11.3. The third-order valence-corrected chi connectivity index (χ3v) is 6.05. The van der Waals surface area contributed by atoms with E-state index in [1.54, 1.807) is 24.6 Å². The van der Waals surface area contributed by atoms with Gasteiger partial charge in [-0.25, -0.2) is 26.3 Å². The molecule has 37 heavy (non-hydrogen) atoms. The standard InChI is InChI=1S/C23H17ClF6N6S/c1-10-22(11(2)36(33-10)9-12-14(24)4-3-5-15(12)25)32-23(37)31-16-6-7-35(34-16)8-13-17(26)19(28)21(30)20(29)18(13)27/h3-7H,8-9H2,1-2H3,(H2,31,32,34,37). The van der Waals surface area contributed by atoms with E-state index in [2.05, 4.69) is 20.8 Å². The lowest BCUT2D eigenvalue weighted by Gasteiger charge is -2.11. The van der Waals surface area contributed by atoms with Gasteiger partial charge in [0.2, 0.25) is 5.82 Å². The molecule has 194 valence electrons. The second kappa shape index (κ2) is 10.4. The number of thiocarbonyl (C=S) groups is 1. The van der Waals surface area contributed by atoms with Gasteiger partial charge in [0.05, 0.1) is 35.7 Å². The van der Waals surface area contributed by atoms with E-state index in [-0.39, 0.29) is 28.1 Å². The molecule has 0 aliphatic heterocycles. The van der Waals surface area contributed by atoms with Crippen LogP contribution in [0.3, 0.4) is 0 Å². The van der Waals surface area contributed by atoms with E-state index < -0.39 is 47.0 Å². The smallest absolute Gasteiger partial charge is 0.200 e. The van der Waals surface area contributed by atoms with Crippen LogP contribution in [0.1, 0.15) is 22.5 Å². The molecule has 0 bridgehead atoms. The van der Waals surface area contributed by atoms with E-state index in [9.17, 15) is 26.3 Å². The van der Waals surface area contributed by atoms with Gasteiger partial charge in [-0.2, -0.15) is 10.2 Å². The number of nitrogens with zero attached hydrogens (tertiary/aromatic N) is 4. The van der Waals surface area contributed by atoms with Crippen molar-refractivity contribution in [3.8, 4) is 0 Å². The number of halogens is 7. The molecule has 14 heteroatoms. The number of hydrogen-bond acceptors (Lipinski definition) is 3. The summed E-state index contributed by atoms with van der Waals surface area (Å²) in [5.74, 6) is -10.5. The van der Waals surface area contributed by atoms with Gasteiger partial charge in [0, 0.05) is 22.8 Å². The highest BCUT2D eigenvalue weighted by Crippen LogP contribution is 2.26. The highest BCUT2D eigenvalue weighted by atomic mass is 35.5. The number of hydrogen-bond donors (Lipinski definition) is 2. The second-order valence-corrected chi connectivity index (χ2v) is 8.75. The molecule has 0 atom stereocenters. The summed E-state index contributed by atoms with van der Waals surface area (Å²) in [6.45, 7) is 2.84. The molecular formula is C23H17ClF6N6S. The predicted molar refractivity (Wildman–Crippen MR) is 130 cm³/mol. The summed E-state index contributed by atoms with van der Waals surface area (Å²) in [5, 5.41) is 14.5. The third kappa shape index (κ3) is 5.27. The van der Waals surface area contributed by atoms with E-state index in [0.717, 1.165) is 4.68 Å². The van der Waals surface area contributed by atoms with Gasteiger partial charge >= 0.3 is 0 Å². The molecule has 0 aliphatic carbocycles. The molecule has 0 unspecified atom stereocenters. The van der Waals surface area contributed by atoms with Crippen LogP contribution in [0.2, 0.25) is 5.02 Å². The highest BCUT2D eigenvalue weighted by molar-refractivity contribution is 7.80. The van der Waals surface area contributed by atoms with Crippen molar-refractivity contribution in [2.75, 3.05) is 10.6 Å². The van der Waals surface area contributed by atoms with Crippen LogP contribution in [-0.2, 0) is 13.1 Å². The topological polar surface area (TPSA) is 59.7 Å². The summed E-state index contributed by atoms with van der Waals surface area (Å²) >= 11 is 11.4. The van der Waals surface area contributed by atoms with E-state index in [1.807, 2.05) is 0 Å². The van der Waals surface area contributed by atoms with Gasteiger partial charge in [0.1, 0.15) is 5.82 Å². The van der Waals surface area contributed by atoms with Crippen molar-refractivity contribution in [1.29, 1.82) is 0 Å². The van der Waals surface area contributed by atoms with Gasteiger partial charge in [-0.15, -0.1) is 0 Å². The molecule has 0 amide bonds. The van der Waals surface area contributed by atoms with Crippen LogP contribution in [0.15, 0.2) is 30.5 Å². The fraction of sp³-hybridized carbons (Fsp3) is 0.174. The van der Waals surface area contributed by atoms with Gasteiger partial charge in [-0.1, -0.05) is 17.7 Å². The van der Waals surface area contributed by atoms with Crippen molar-refractivity contribution in [1.82, 2.24) is 19.6 Å². The minimum Gasteiger partial charge on any atom is -0.329 e. The lowest BCUT2D eigenvalue weighted by atomic mass is 10.1. The third-order valence-electron chi connectivity index (χ3n) is 5.49. The van der Waals surface area contributed by atoms with Crippen LogP contribution in [0, 0.1) is 48.8 Å². The zero-order chi connectivity index (χ0) is 27.0. The molecule has 0 fully saturated rings. The molecular weight excluding hydrogens is 542 g/mol. The Kier molecular flexibility index (Phi) is 7.46. The fourth-order valence-corrected chi connectivity index (χ4v) is 4.02. The Labute approximate surface area is 216 Å². The van der Waals surface area contributed by atoms with E-state index >= 15 is 0 Å². The maximum atomic E-state index is 14.2. The Morgan fingerprint density at radius 1 is 0.865 bits per heavy atom. The number of anilines is 2. The minimum atomic E-state index is -2.23. The van der Waals surface area contributed by atoms with Gasteiger partial charge in [-0.3, -0.25) is 9.36 Å². The normalized spacial score (nSPS) is 11.2. The van der Waals surface area contributed by atoms with Gasteiger partial charge < -0.3 is 10.6 Å². The molecule has 2 aromatic heterocycles. The van der Waals surface area contributed by atoms with Crippen molar-refractivity contribution in [2.24, 2.45) is 0 Å². The molecule has 4 aromatic rings. The first-order chi connectivity index (χ1) is 17.5. The van der Waals surface area contributed by atoms with Gasteiger partial charge in [0.15, 0.2) is 34.2 Å². The molecule has 0 aliphatic rings. The quantitative estimate of drug-likeness (QED) is 0.130. The van der Waals surface area contributed by atoms with Crippen molar-refractivity contribution in [3.05, 3.63) is 92.9 Å². The van der Waals surface area contributed by atoms with Crippen molar-refractivity contribution in [3.63, 3.8) is 0 Å². The highest BCUT2D eigenvalue weighted by Gasteiger charge is 2.26. The van der Waals surface area contributed by atoms with Crippen LogP contribution in [0.4, 0.5) is 37.8 Å². The van der Waals surface area contributed by atoms with E-state index in [0.29, 0.717) is 17.1 Å². The number of aromatic nitrogens is 4. The maximum Gasteiger partial charge on any atom is 0.200 e. The summed E-state index contributed by atoms with van der Waals surface area (Å²) in [6, 6.07) is 5.78.